The van der Waals surface area contributed by atoms with E-state index in [1.54, 1.807) is 0 Å². The molecule has 0 N–H and O–H groups in total. The lowest BCUT2D eigenvalue weighted by Gasteiger charge is -2.33. The molecule has 2 aromatic carbocycles. The highest BCUT2D eigenvalue weighted by Gasteiger charge is 2.42. The van der Waals surface area contributed by atoms with E-state index < -0.39 is 23.6 Å². The second kappa shape index (κ2) is 12.9. The Morgan fingerprint density at radius 2 is 1.12 bits per heavy atom. The minimum absolute atomic E-state index is 0.00192. The summed E-state index contributed by atoms with van der Waals surface area (Å²) in [6.45, 7) is 12.5. The number of hydrogen-bond acceptors (Lipinski definition) is 5. The Morgan fingerprint density at radius 1 is 0.675 bits per heavy atom. The smallest absolute Gasteiger partial charge is 0.262 e. The van der Waals surface area contributed by atoms with E-state index in [-0.39, 0.29) is 57.4 Å². The van der Waals surface area contributed by atoms with Gasteiger partial charge in [0.15, 0.2) is 0 Å². The maximum absolute atomic E-state index is 13.6. The van der Waals surface area contributed by atoms with E-state index in [0.29, 0.717) is 12.8 Å². The molecule has 0 bridgehead atoms. The normalized spacial score (nSPS) is 14.2. The fraction of sp³-hybridized carbons (Fsp3) is 0.500. The Hall–Kier alpha value is -4.04. The molecule has 0 radical (unpaired) electrons. The number of benzene rings is 2. The summed E-state index contributed by atoms with van der Waals surface area (Å²) in [6, 6.07) is 4.77. The van der Waals surface area contributed by atoms with Crippen LogP contribution in [-0.4, -0.2) is 46.5 Å². The monoisotopic (exact) mass is 540 g/mol. The summed E-state index contributed by atoms with van der Waals surface area (Å²) in [6.07, 6.45) is 11.7. The molecule has 2 aliphatic rings. The number of unbranched alkanes of at least 4 members (excludes halogenated alkanes) is 10. The predicted octanol–water partition coefficient (Wildman–Crippen LogP) is 7.18. The van der Waals surface area contributed by atoms with E-state index in [4.69, 9.17) is 6.57 Å². The highest BCUT2D eigenvalue weighted by atomic mass is 16.2. The largest absolute Gasteiger partial charge is 0.275 e. The molecule has 0 atom stereocenters. The second-order valence-corrected chi connectivity index (χ2v) is 10.7. The Labute approximate surface area is 235 Å². The van der Waals surface area contributed by atoms with Crippen LogP contribution < -0.4 is 0 Å². The topological polar surface area (TPSA) is 103 Å². The van der Waals surface area contributed by atoms with Crippen LogP contribution in [0.5, 0.6) is 0 Å². The van der Waals surface area contributed by atoms with E-state index in [9.17, 15) is 24.4 Å². The Morgan fingerprint density at radius 3 is 1.62 bits per heavy atom. The molecule has 0 aromatic heterocycles. The number of nitrogens with zero attached hydrogens (tertiary/aromatic N) is 4. The molecule has 4 rings (SSSR count). The van der Waals surface area contributed by atoms with Crippen molar-refractivity contribution in [3.8, 4) is 6.07 Å². The van der Waals surface area contributed by atoms with Gasteiger partial charge in [0.2, 0.25) is 5.69 Å². The van der Waals surface area contributed by atoms with E-state index in [2.05, 4.69) is 18.7 Å². The summed E-state index contributed by atoms with van der Waals surface area (Å²) in [5.74, 6) is -2.30. The van der Waals surface area contributed by atoms with Gasteiger partial charge >= 0.3 is 0 Å². The zero-order valence-corrected chi connectivity index (χ0v) is 23.5. The van der Waals surface area contributed by atoms with Crippen LogP contribution in [0.25, 0.3) is 15.6 Å². The zero-order valence-electron chi connectivity index (χ0n) is 23.5. The van der Waals surface area contributed by atoms with Crippen molar-refractivity contribution in [3.05, 3.63) is 51.4 Å². The van der Waals surface area contributed by atoms with Crippen molar-refractivity contribution in [1.29, 1.82) is 5.26 Å². The van der Waals surface area contributed by atoms with Crippen molar-refractivity contribution in [2.24, 2.45) is 0 Å². The van der Waals surface area contributed by atoms with Gasteiger partial charge in [0.25, 0.3) is 23.6 Å². The summed E-state index contributed by atoms with van der Waals surface area (Å²) >= 11 is 0. The van der Waals surface area contributed by atoms with Gasteiger partial charge in [-0.3, -0.25) is 29.0 Å². The first kappa shape index (κ1) is 29.0. The summed E-state index contributed by atoms with van der Waals surface area (Å²) in [5.41, 5.74) is 0.223. The first-order chi connectivity index (χ1) is 19.4. The molecule has 2 heterocycles. The van der Waals surface area contributed by atoms with Crippen molar-refractivity contribution in [1.82, 2.24) is 9.80 Å². The van der Waals surface area contributed by atoms with Crippen molar-refractivity contribution in [2.75, 3.05) is 13.1 Å². The van der Waals surface area contributed by atoms with E-state index in [0.717, 1.165) is 74.0 Å². The van der Waals surface area contributed by atoms with Gasteiger partial charge in [-0.1, -0.05) is 78.1 Å². The summed E-state index contributed by atoms with van der Waals surface area (Å²) in [7, 11) is 0. The van der Waals surface area contributed by atoms with Gasteiger partial charge in [0, 0.05) is 29.6 Å². The highest BCUT2D eigenvalue weighted by Crippen LogP contribution is 2.43. The molecular formula is C32H36N4O4. The average molecular weight is 541 g/mol. The van der Waals surface area contributed by atoms with Gasteiger partial charge in [0.1, 0.15) is 6.07 Å². The van der Waals surface area contributed by atoms with Crippen LogP contribution in [0, 0.1) is 17.9 Å². The molecular weight excluding hydrogens is 504 g/mol. The molecule has 0 spiro atoms. The van der Waals surface area contributed by atoms with Gasteiger partial charge in [-0.15, -0.1) is 0 Å². The quantitative estimate of drug-likeness (QED) is 0.143. The molecule has 8 nitrogen and oxygen atoms in total. The van der Waals surface area contributed by atoms with Crippen molar-refractivity contribution in [2.45, 2.75) is 90.9 Å². The van der Waals surface area contributed by atoms with Gasteiger partial charge < -0.3 is 0 Å². The van der Waals surface area contributed by atoms with E-state index in [1.807, 2.05) is 6.07 Å². The standard InChI is InChI=1S/C32H36N4O4/c1-4-6-8-10-12-14-16-35-30(38)23-19-24(34-3)28-27-22(18-21(20-33)25(26(23)27)31(35)39)29(37)36(32(28)40)17-15-13-11-9-7-5-2/h18-19H,4-17H2,1-2H3. The number of rotatable bonds is 14. The van der Waals surface area contributed by atoms with E-state index in [1.165, 1.54) is 12.1 Å². The lowest BCUT2D eigenvalue weighted by molar-refractivity contribution is 0.0586. The summed E-state index contributed by atoms with van der Waals surface area (Å²) < 4.78 is 0. The SMILES string of the molecule is [C-]#[N+]c1cc2c3c(c(C#N)cc4c3c1C(=O)N(CCCCCCCC)C4=O)C(=O)N(CCCCCCCC)C2=O. The summed E-state index contributed by atoms with van der Waals surface area (Å²) in [4.78, 5) is 60.3. The van der Waals surface area contributed by atoms with Gasteiger partial charge in [-0.25, -0.2) is 4.85 Å². The molecule has 0 fully saturated rings. The third-order valence-corrected chi connectivity index (χ3v) is 7.96. The van der Waals surface area contributed by atoms with Crippen LogP contribution in [0.4, 0.5) is 5.69 Å². The molecule has 8 heteroatoms. The Balaban J connectivity index is 1.73. The third kappa shape index (κ3) is 5.23. The fourth-order valence-corrected chi connectivity index (χ4v) is 5.83. The lowest BCUT2D eigenvalue weighted by atomic mass is 9.82. The van der Waals surface area contributed by atoms with E-state index >= 15 is 0 Å². The van der Waals surface area contributed by atoms with Crippen LogP contribution in [0.1, 0.15) is 138 Å². The van der Waals surface area contributed by atoms with Gasteiger partial charge in [-0.2, -0.15) is 5.26 Å². The minimum atomic E-state index is -0.593. The number of imide groups is 2. The minimum Gasteiger partial charge on any atom is -0.275 e. The molecule has 0 saturated heterocycles. The molecule has 2 aliphatic heterocycles. The number of carbonyl (C=O) groups excluding carboxylic acids is 4. The maximum Gasteiger partial charge on any atom is 0.262 e. The Kier molecular flexibility index (Phi) is 9.32. The van der Waals surface area contributed by atoms with Crippen molar-refractivity contribution in [3.63, 3.8) is 0 Å². The molecule has 208 valence electrons. The van der Waals surface area contributed by atoms with Crippen molar-refractivity contribution < 1.29 is 19.2 Å². The molecule has 4 amide bonds. The van der Waals surface area contributed by atoms with Crippen molar-refractivity contribution >= 4 is 40.1 Å². The zero-order chi connectivity index (χ0) is 28.8. The predicted molar refractivity (Wildman–Crippen MR) is 152 cm³/mol. The number of amides is 4. The Bertz CT molecular complexity index is 1340. The highest BCUT2D eigenvalue weighted by molar-refractivity contribution is 6.35. The fourth-order valence-electron chi connectivity index (χ4n) is 5.83. The van der Waals surface area contributed by atoms with Crippen LogP contribution in [-0.2, 0) is 0 Å². The van der Waals surface area contributed by atoms with Gasteiger partial charge in [0.05, 0.1) is 23.3 Å². The first-order valence-electron chi connectivity index (χ1n) is 14.6. The molecule has 0 saturated carbocycles. The average Bonchev–Trinajstić information content (AvgIpc) is 2.96. The maximum atomic E-state index is 13.6. The van der Waals surface area contributed by atoms with Gasteiger partial charge in [-0.05, 0) is 30.4 Å². The summed E-state index contributed by atoms with van der Waals surface area (Å²) in [5, 5.41) is 10.3. The van der Waals surface area contributed by atoms with Crippen LogP contribution in [0.2, 0.25) is 0 Å². The number of carbonyl (C=O) groups is 4. The second-order valence-electron chi connectivity index (χ2n) is 10.7. The number of nitriles is 1. The molecule has 2 aromatic rings. The number of hydrogen-bond donors (Lipinski definition) is 0. The molecule has 0 unspecified atom stereocenters. The first-order valence-corrected chi connectivity index (χ1v) is 14.6. The van der Waals surface area contributed by atoms with Crippen LogP contribution in [0.15, 0.2) is 12.1 Å². The third-order valence-electron chi connectivity index (χ3n) is 7.96. The molecule has 40 heavy (non-hydrogen) atoms. The van der Waals surface area contributed by atoms with Crippen LogP contribution in [0.3, 0.4) is 0 Å². The van der Waals surface area contributed by atoms with Crippen LogP contribution >= 0.6 is 0 Å². The molecule has 0 aliphatic carbocycles. The lowest BCUT2D eigenvalue weighted by Crippen LogP contribution is -2.44.